The third kappa shape index (κ3) is 1.87. The zero-order valence-electron chi connectivity index (χ0n) is 8.96. The lowest BCUT2D eigenvalue weighted by molar-refractivity contribution is -0.185. The number of amides is 1. The monoisotopic (exact) mass is 251 g/mol. The number of nitrogens with zero attached hydrogens (tertiary/aromatic N) is 1. The predicted octanol–water partition coefficient (Wildman–Crippen LogP) is 1.26. The number of aliphatic carboxylic acids is 1. The van der Waals surface area contributed by atoms with E-state index in [2.05, 4.69) is 0 Å². The second-order valence-corrected chi connectivity index (χ2v) is 4.79. The van der Waals surface area contributed by atoms with Crippen molar-refractivity contribution in [1.29, 1.82) is 0 Å². The van der Waals surface area contributed by atoms with Crippen molar-refractivity contribution in [3.8, 4) is 0 Å². The lowest BCUT2D eigenvalue weighted by Crippen LogP contribution is -2.43. The number of carboxylic acid groups (broad SMARTS) is 1. The molecule has 1 atom stereocenters. The summed E-state index contributed by atoms with van der Waals surface area (Å²) in [5, 5.41) is 9.00. The minimum atomic E-state index is -4.92. The summed E-state index contributed by atoms with van der Waals surface area (Å²) in [5.74, 6) is -3.89. The summed E-state index contributed by atoms with van der Waals surface area (Å²) in [6.45, 7) is -0.407. The highest BCUT2D eigenvalue weighted by Gasteiger charge is 2.57. The topological polar surface area (TPSA) is 57.6 Å². The molecule has 96 valence electrons. The molecule has 0 aromatic carbocycles. The van der Waals surface area contributed by atoms with Crippen molar-refractivity contribution in [2.45, 2.75) is 25.4 Å². The summed E-state index contributed by atoms with van der Waals surface area (Å²) in [6.07, 6.45) is -2.92. The van der Waals surface area contributed by atoms with Gasteiger partial charge in [0.15, 0.2) is 0 Å². The predicted molar refractivity (Wildman–Crippen MR) is 50.0 cm³/mol. The Balaban J connectivity index is 2.15. The van der Waals surface area contributed by atoms with Crippen LogP contribution in [-0.2, 0) is 9.59 Å². The number of rotatable bonds is 1. The van der Waals surface area contributed by atoms with Crippen LogP contribution in [0.5, 0.6) is 0 Å². The maximum atomic E-state index is 12.3. The molecule has 1 saturated carbocycles. The van der Waals surface area contributed by atoms with Gasteiger partial charge in [-0.25, -0.2) is 0 Å². The highest BCUT2D eigenvalue weighted by atomic mass is 19.4. The first-order valence-electron chi connectivity index (χ1n) is 5.35. The van der Waals surface area contributed by atoms with Crippen molar-refractivity contribution in [3.63, 3.8) is 0 Å². The van der Waals surface area contributed by atoms with Crippen LogP contribution in [-0.4, -0.2) is 41.1 Å². The largest absolute Gasteiger partial charge is 0.481 e. The van der Waals surface area contributed by atoms with E-state index in [1.807, 2.05) is 0 Å². The summed E-state index contributed by atoms with van der Waals surface area (Å²) in [4.78, 5) is 22.7. The van der Waals surface area contributed by atoms with Gasteiger partial charge in [-0.1, -0.05) is 6.42 Å². The fraction of sp³-hybridized carbons (Fsp3) is 0.800. The average Bonchev–Trinajstić information content (AvgIpc) is 2.54. The number of halogens is 3. The molecule has 2 rings (SSSR count). The van der Waals surface area contributed by atoms with Crippen molar-refractivity contribution < 1.29 is 27.9 Å². The summed E-state index contributed by atoms with van der Waals surface area (Å²) in [7, 11) is 0. The fourth-order valence-electron chi connectivity index (χ4n) is 2.78. The molecule has 0 aromatic rings. The molecule has 2 fully saturated rings. The van der Waals surface area contributed by atoms with E-state index in [4.69, 9.17) is 5.11 Å². The Morgan fingerprint density at radius 1 is 1.29 bits per heavy atom. The molecule has 0 aromatic heterocycles. The molecule has 2 aliphatic rings. The normalized spacial score (nSPS) is 27.0. The van der Waals surface area contributed by atoms with Crippen molar-refractivity contribution >= 4 is 11.9 Å². The van der Waals surface area contributed by atoms with Gasteiger partial charge in [-0.05, 0) is 12.8 Å². The van der Waals surface area contributed by atoms with Crippen LogP contribution >= 0.6 is 0 Å². The van der Waals surface area contributed by atoms with Gasteiger partial charge in [0.05, 0.1) is 5.92 Å². The number of carboxylic acids is 1. The molecule has 4 nitrogen and oxygen atoms in total. The van der Waals surface area contributed by atoms with Crippen molar-refractivity contribution in [2.24, 2.45) is 11.3 Å². The van der Waals surface area contributed by atoms with E-state index in [0.29, 0.717) is 17.7 Å². The molecule has 7 heteroatoms. The highest BCUT2D eigenvalue weighted by molar-refractivity contribution is 5.83. The molecule has 0 bridgehead atoms. The Morgan fingerprint density at radius 2 is 1.88 bits per heavy atom. The van der Waals surface area contributed by atoms with E-state index in [-0.39, 0.29) is 13.1 Å². The van der Waals surface area contributed by atoms with Gasteiger partial charge in [0.25, 0.3) is 0 Å². The van der Waals surface area contributed by atoms with Crippen LogP contribution in [0.4, 0.5) is 13.2 Å². The van der Waals surface area contributed by atoms with Crippen molar-refractivity contribution in [2.75, 3.05) is 13.1 Å². The molecule has 1 unspecified atom stereocenters. The zero-order chi connectivity index (χ0) is 12.8. The lowest BCUT2D eigenvalue weighted by atomic mass is 9.63. The molecule has 1 heterocycles. The molecule has 1 aliphatic heterocycles. The van der Waals surface area contributed by atoms with Crippen LogP contribution < -0.4 is 0 Å². The minimum Gasteiger partial charge on any atom is -0.481 e. The molecule has 1 spiro atoms. The molecular formula is C10H12F3NO3. The first kappa shape index (κ1) is 12.2. The van der Waals surface area contributed by atoms with Gasteiger partial charge >= 0.3 is 18.1 Å². The Morgan fingerprint density at radius 3 is 2.18 bits per heavy atom. The van der Waals surface area contributed by atoms with E-state index in [9.17, 15) is 22.8 Å². The van der Waals surface area contributed by atoms with Crippen LogP contribution in [0.3, 0.4) is 0 Å². The van der Waals surface area contributed by atoms with Crippen LogP contribution in [0.2, 0.25) is 0 Å². The van der Waals surface area contributed by atoms with Gasteiger partial charge in [-0.15, -0.1) is 0 Å². The van der Waals surface area contributed by atoms with Gasteiger partial charge in [0, 0.05) is 18.5 Å². The lowest BCUT2D eigenvalue weighted by Gasteiger charge is -2.40. The van der Waals surface area contributed by atoms with E-state index >= 15 is 0 Å². The number of hydrogen-bond donors (Lipinski definition) is 1. The number of likely N-dealkylation sites (tertiary alicyclic amines) is 1. The summed E-state index contributed by atoms with van der Waals surface area (Å²) < 4.78 is 36.8. The van der Waals surface area contributed by atoms with Gasteiger partial charge in [-0.2, -0.15) is 13.2 Å². The van der Waals surface area contributed by atoms with Crippen LogP contribution in [0.25, 0.3) is 0 Å². The van der Waals surface area contributed by atoms with Gasteiger partial charge in [0.1, 0.15) is 0 Å². The van der Waals surface area contributed by atoms with E-state index in [0.717, 1.165) is 6.42 Å². The number of carbonyl (C=O) groups excluding carboxylic acids is 1. The van der Waals surface area contributed by atoms with Gasteiger partial charge < -0.3 is 10.0 Å². The average molecular weight is 251 g/mol. The summed E-state index contributed by atoms with van der Waals surface area (Å²) >= 11 is 0. The van der Waals surface area contributed by atoms with Crippen molar-refractivity contribution in [1.82, 2.24) is 4.90 Å². The standard InChI is InChI=1S/C10H12F3NO3/c11-10(12,13)8(17)14-4-6(7(15)16)9(5-14)2-1-3-9/h6H,1-5H2,(H,15,16). The summed E-state index contributed by atoms with van der Waals surface area (Å²) in [6, 6.07) is 0. The molecule has 0 radical (unpaired) electrons. The Kier molecular flexibility index (Phi) is 2.59. The van der Waals surface area contributed by atoms with E-state index < -0.39 is 29.4 Å². The Bertz CT molecular complexity index is 362. The third-order valence-corrected chi connectivity index (χ3v) is 3.83. The third-order valence-electron chi connectivity index (χ3n) is 3.83. The Labute approximate surface area is 95.4 Å². The van der Waals surface area contributed by atoms with Crippen LogP contribution in [0.1, 0.15) is 19.3 Å². The maximum Gasteiger partial charge on any atom is 0.471 e. The highest BCUT2D eigenvalue weighted by Crippen LogP contribution is 2.52. The molecule has 1 N–H and O–H groups in total. The maximum absolute atomic E-state index is 12.3. The second kappa shape index (κ2) is 3.61. The first-order chi connectivity index (χ1) is 7.76. The molecule has 1 amide bonds. The zero-order valence-corrected chi connectivity index (χ0v) is 8.96. The smallest absolute Gasteiger partial charge is 0.471 e. The van der Waals surface area contributed by atoms with Crippen LogP contribution in [0, 0.1) is 11.3 Å². The molecule has 1 aliphatic carbocycles. The van der Waals surface area contributed by atoms with Crippen LogP contribution in [0.15, 0.2) is 0 Å². The number of carbonyl (C=O) groups is 2. The second-order valence-electron chi connectivity index (χ2n) is 4.79. The quantitative estimate of drug-likeness (QED) is 0.763. The van der Waals surface area contributed by atoms with Crippen molar-refractivity contribution in [3.05, 3.63) is 0 Å². The fourth-order valence-corrected chi connectivity index (χ4v) is 2.78. The minimum absolute atomic E-state index is 0.0810. The summed E-state index contributed by atoms with van der Waals surface area (Å²) in [5.41, 5.74) is -0.618. The number of alkyl halides is 3. The molecular weight excluding hydrogens is 239 g/mol. The SMILES string of the molecule is O=C(O)C1CN(C(=O)C(F)(F)F)CC12CCC2. The number of hydrogen-bond acceptors (Lipinski definition) is 2. The van der Waals surface area contributed by atoms with Gasteiger partial charge in [0.2, 0.25) is 0 Å². The molecule has 1 saturated heterocycles. The van der Waals surface area contributed by atoms with E-state index in [1.165, 1.54) is 0 Å². The first-order valence-corrected chi connectivity index (χ1v) is 5.35. The molecule has 17 heavy (non-hydrogen) atoms. The Hall–Kier alpha value is -1.27. The van der Waals surface area contributed by atoms with E-state index in [1.54, 1.807) is 0 Å². The van der Waals surface area contributed by atoms with Gasteiger partial charge in [-0.3, -0.25) is 9.59 Å².